The molecule has 1 N–H and O–H groups in total. The SMILES string of the molecule is COCC(C)NCc1cn(-c2ccccc2)nc1-c1ccccc1. The van der Waals surface area contributed by atoms with E-state index in [0.29, 0.717) is 12.6 Å². The van der Waals surface area contributed by atoms with Crippen LogP contribution in [-0.2, 0) is 11.3 Å². The molecule has 4 nitrogen and oxygen atoms in total. The standard InChI is InChI=1S/C20H23N3O/c1-16(15-24-2)21-13-18-14-23(19-11-7-4-8-12-19)22-20(18)17-9-5-3-6-10-17/h3-12,14,16,21H,13,15H2,1-2H3. The Kier molecular flexibility index (Phi) is 5.41. The Morgan fingerprint density at radius 1 is 1.04 bits per heavy atom. The van der Waals surface area contributed by atoms with E-state index in [9.17, 15) is 0 Å². The fourth-order valence-electron chi connectivity index (χ4n) is 2.68. The van der Waals surface area contributed by atoms with Gasteiger partial charge in [0.05, 0.1) is 18.0 Å². The summed E-state index contributed by atoms with van der Waals surface area (Å²) in [4.78, 5) is 0. The van der Waals surface area contributed by atoms with Crippen LogP contribution >= 0.6 is 0 Å². The van der Waals surface area contributed by atoms with Gasteiger partial charge in [0.25, 0.3) is 0 Å². The number of para-hydroxylation sites is 1. The van der Waals surface area contributed by atoms with Crippen molar-refractivity contribution in [3.8, 4) is 16.9 Å². The third kappa shape index (κ3) is 3.91. The van der Waals surface area contributed by atoms with Crippen LogP contribution in [-0.4, -0.2) is 29.5 Å². The Morgan fingerprint density at radius 3 is 2.38 bits per heavy atom. The molecule has 0 saturated heterocycles. The lowest BCUT2D eigenvalue weighted by atomic mass is 10.1. The quantitative estimate of drug-likeness (QED) is 0.722. The maximum absolute atomic E-state index is 5.20. The van der Waals surface area contributed by atoms with Crippen LogP contribution in [0.5, 0.6) is 0 Å². The first-order valence-corrected chi connectivity index (χ1v) is 8.19. The number of aromatic nitrogens is 2. The predicted octanol–water partition coefficient (Wildman–Crippen LogP) is 3.66. The largest absolute Gasteiger partial charge is 0.383 e. The zero-order valence-corrected chi connectivity index (χ0v) is 14.1. The highest BCUT2D eigenvalue weighted by atomic mass is 16.5. The molecule has 0 radical (unpaired) electrons. The fourth-order valence-corrected chi connectivity index (χ4v) is 2.68. The number of rotatable bonds is 7. The molecule has 1 heterocycles. The molecule has 0 fully saturated rings. The van der Waals surface area contributed by atoms with E-state index in [1.807, 2.05) is 41.1 Å². The van der Waals surface area contributed by atoms with Crippen molar-refractivity contribution in [1.29, 1.82) is 0 Å². The Hall–Kier alpha value is -2.43. The summed E-state index contributed by atoms with van der Waals surface area (Å²) in [5.74, 6) is 0. The smallest absolute Gasteiger partial charge is 0.0972 e. The van der Waals surface area contributed by atoms with Crippen molar-refractivity contribution in [1.82, 2.24) is 15.1 Å². The second kappa shape index (κ2) is 7.90. The van der Waals surface area contributed by atoms with Gasteiger partial charge in [0.1, 0.15) is 0 Å². The van der Waals surface area contributed by atoms with Gasteiger partial charge < -0.3 is 10.1 Å². The highest BCUT2D eigenvalue weighted by molar-refractivity contribution is 5.63. The monoisotopic (exact) mass is 321 g/mol. The van der Waals surface area contributed by atoms with Gasteiger partial charge in [-0.25, -0.2) is 4.68 Å². The summed E-state index contributed by atoms with van der Waals surface area (Å²) < 4.78 is 7.14. The Balaban J connectivity index is 1.91. The van der Waals surface area contributed by atoms with Crippen molar-refractivity contribution >= 4 is 0 Å². The zero-order valence-electron chi connectivity index (χ0n) is 14.1. The average molecular weight is 321 g/mol. The Bertz CT molecular complexity index is 753. The summed E-state index contributed by atoms with van der Waals surface area (Å²) in [5, 5.41) is 8.32. The normalized spacial score (nSPS) is 12.2. The number of hydrogen-bond acceptors (Lipinski definition) is 3. The van der Waals surface area contributed by atoms with E-state index in [1.165, 1.54) is 5.56 Å². The van der Waals surface area contributed by atoms with E-state index in [1.54, 1.807) is 7.11 Å². The molecule has 1 aromatic heterocycles. The molecular weight excluding hydrogens is 298 g/mol. The van der Waals surface area contributed by atoms with E-state index in [0.717, 1.165) is 23.5 Å². The maximum atomic E-state index is 5.20. The summed E-state index contributed by atoms with van der Waals surface area (Å²) in [7, 11) is 1.72. The second-order valence-electron chi connectivity index (χ2n) is 5.89. The molecule has 2 aromatic carbocycles. The first-order valence-electron chi connectivity index (χ1n) is 8.19. The molecule has 0 aliphatic heterocycles. The molecule has 24 heavy (non-hydrogen) atoms. The topological polar surface area (TPSA) is 39.1 Å². The molecule has 124 valence electrons. The molecule has 4 heteroatoms. The number of hydrogen-bond donors (Lipinski definition) is 1. The third-order valence-corrected chi connectivity index (χ3v) is 3.92. The van der Waals surface area contributed by atoms with Crippen LogP contribution in [0.2, 0.25) is 0 Å². The van der Waals surface area contributed by atoms with Crippen molar-refractivity contribution in [2.24, 2.45) is 0 Å². The molecule has 0 spiro atoms. The van der Waals surface area contributed by atoms with Crippen molar-refractivity contribution in [2.75, 3.05) is 13.7 Å². The Morgan fingerprint density at radius 2 is 1.71 bits per heavy atom. The summed E-state index contributed by atoms with van der Waals surface area (Å²) in [6.45, 7) is 3.56. The van der Waals surface area contributed by atoms with Crippen molar-refractivity contribution in [2.45, 2.75) is 19.5 Å². The highest BCUT2D eigenvalue weighted by Gasteiger charge is 2.13. The van der Waals surface area contributed by atoms with Gasteiger partial charge in [-0.15, -0.1) is 0 Å². The first-order chi connectivity index (χ1) is 11.8. The fraction of sp³-hybridized carbons (Fsp3) is 0.250. The van der Waals surface area contributed by atoms with Gasteiger partial charge in [0.15, 0.2) is 0 Å². The van der Waals surface area contributed by atoms with E-state index in [2.05, 4.69) is 42.7 Å². The van der Waals surface area contributed by atoms with Crippen LogP contribution in [0.1, 0.15) is 12.5 Å². The van der Waals surface area contributed by atoms with Crippen LogP contribution in [0.3, 0.4) is 0 Å². The summed E-state index contributed by atoms with van der Waals surface area (Å²) >= 11 is 0. The van der Waals surface area contributed by atoms with Crippen molar-refractivity contribution < 1.29 is 4.74 Å². The van der Waals surface area contributed by atoms with E-state index in [-0.39, 0.29) is 0 Å². The first kappa shape index (κ1) is 16.4. The molecular formula is C20H23N3O. The second-order valence-corrected chi connectivity index (χ2v) is 5.89. The lowest BCUT2D eigenvalue weighted by molar-refractivity contribution is 0.171. The zero-order chi connectivity index (χ0) is 16.8. The molecule has 0 aliphatic rings. The number of nitrogens with one attached hydrogen (secondary N) is 1. The van der Waals surface area contributed by atoms with Crippen LogP contribution in [0.25, 0.3) is 16.9 Å². The van der Waals surface area contributed by atoms with Crippen LogP contribution in [0, 0.1) is 0 Å². The van der Waals surface area contributed by atoms with Gasteiger partial charge in [0.2, 0.25) is 0 Å². The Labute approximate surface area is 143 Å². The highest BCUT2D eigenvalue weighted by Crippen LogP contribution is 2.23. The van der Waals surface area contributed by atoms with E-state index in [4.69, 9.17) is 9.84 Å². The minimum absolute atomic E-state index is 0.290. The molecule has 3 rings (SSSR count). The molecule has 1 atom stereocenters. The average Bonchev–Trinajstić information content (AvgIpc) is 3.06. The summed E-state index contributed by atoms with van der Waals surface area (Å²) in [5.41, 5.74) is 4.37. The predicted molar refractivity (Wildman–Crippen MR) is 97.2 cm³/mol. The molecule has 1 unspecified atom stereocenters. The minimum atomic E-state index is 0.290. The third-order valence-electron chi connectivity index (χ3n) is 3.92. The lowest BCUT2D eigenvalue weighted by Crippen LogP contribution is -2.29. The molecule has 0 amide bonds. The molecule has 0 aliphatic carbocycles. The number of ether oxygens (including phenoxy) is 1. The van der Waals surface area contributed by atoms with Gasteiger partial charge in [-0.1, -0.05) is 48.5 Å². The van der Waals surface area contributed by atoms with Crippen molar-refractivity contribution in [3.05, 3.63) is 72.4 Å². The van der Waals surface area contributed by atoms with E-state index < -0.39 is 0 Å². The number of nitrogens with zero attached hydrogens (tertiary/aromatic N) is 2. The summed E-state index contributed by atoms with van der Waals surface area (Å²) in [6.07, 6.45) is 2.10. The van der Waals surface area contributed by atoms with Gasteiger partial charge >= 0.3 is 0 Å². The lowest BCUT2D eigenvalue weighted by Gasteiger charge is -2.12. The van der Waals surface area contributed by atoms with Gasteiger partial charge in [-0.3, -0.25) is 0 Å². The molecule has 0 bridgehead atoms. The summed E-state index contributed by atoms with van der Waals surface area (Å²) in [6, 6.07) is 20.8. The van der Waals surface area contributed by atoms with Crippen LogP contribution < -0.4 is 5.32 Å². The van der Waals surface area contributed by atoms with E-state index >= 15 is 0 Å². The number of methoxy groups -OCH3 is 1. The van der Waals surface area contributed by atoms with Crippen LogP contribution in [0.15, 0.2) is 66.9 Å². The minimum Gasteiger partial charge on any atom is -0.383 e. The number of benzene rings is 2. The van der Waals surface area contributed by atoms with Gasteiger partial charge in [0, 0.05) is 37.0 Å². The maximum Gasteiger partial charge on any atom is 0.0972 e. The van der Waals surface area contributed by atoms with Crippen LogP contribution in [0.4, 0.5) is 0 Å². The van der Waals surface area contributed by atoms with Crippen molar-refractivity contribution in [3.63, 3.8) is 0 Å². The van der Waals surface area contributed by atoms with Gasteiger partial charge in [-0.05, 0) is 19.1 Å². The molecule has 0 saturated carbocycles. The molecule has 3 aromatic rings. The van der Waals surface area contributed by atoms with Gasteiger partial charge in [-0.2, -0.15) is 5.10 Å².